The van der Waals surface area contributed by atoms with Crippen molar-refractivity contribution in [3.63, 3.8) is 0 Å². The van der Waals surface area contributed by atoms with Crippen LogP contribution >= 0.6 is 0 Å². The summed E-state index contributed by atoms with van der Waals surface area (Å²) in [5.41, 5.74) is -1.10. The van der Waals surface area contributed by atoms with Gasteiger partial charge < -0.3 is 14.7 Å². The van der Waals surface area contributed by atoms with E-state index in [9.17, 15) is 18.0 Å². The summed E-state index contributed by atoms with van der Waals surface area (Å²) in [4.78, 5) is 21.8. The van der Waals surface area contributed by atoms with E-state index in [1.54, 1.807) is 0 Å². The van der Waals surface area contributed by atoms with Crippen LogP contribution in [0.5, 0.6) is 0 Å². The molecule has 2 fully saturated rings. The van der Waals surface area contributed by atoms with E-state index in [1.165, 1.54) is 12.1 Å². The van der Waals surface area contributed by atoms with Crippen LogP contribution in [0, 0.1) is 0 Å². The van der Waals surface area contributed by atoms with Crippen molar-refractivity contribution in [2.24, 2.45) is 0 Å². The van der Waals surface area contributed by atoms with Crippen molar-refractivity contribution in [2.75, 3.05) is 32.7 Å². The van der Waals surface area contributed by atoms with E-state index in [0.717, 1.165) is 25.2 Å². The van der Waals surface area contributed by atoms with Crippen LogP contribution in [0.1, 0.15) is 51.0 Å². The van der Waals surface area contributed by atoms with Gasteiger partial charge in [0, 0.05) is 50.2 Å². The molecule has 0 bridgehead atoms. The molecule has 10 heteroatoms. The van der Waals surface area contributed by atoms with Crippen molar-refractivity contribution in [2.45, 2.75) is 57.3 Å². The molecule has 0 spiro atoms. The van der Waals surface area contributed by atoms with Crippen molar-refractivity contribution < 1.29 is 22.5 Å². The zero-order valence-electron chi connectivity index (χ0n) is 19.2. The van der Waals surface area contributed by atoms with Gasteiger partial charge in [-0.15, -0.1) is 0 Å². The molecule has 2 aliphatic rings. The molecule has 1 aromatic heterocycles. The predicted molar refractivity (Wildman–Crippen MR) is 116 cm³/mol. The first-order valence-electron chi connectivity index (χ1n) is 11.4. The van der Waals surface area contributed by atoms with Gasteiger partial charge in [-0.3, -0.25) is 9.69 Å². The molecular weight excluding hydrogens is 435 g/mol. The van der Waals surface area contributed by atoms with Gasteiger partial charge in [-0.2, -0.15) is 18.2 Å². The topological polar surface area (TPSA) is 74.5 Å². The number of halogens is 3. The molecular formula is C23H30F3N5O2. The van der Waals surface area contributed by atoms with Gasteiger partial charge in [-0.05, 0) is 45.7 Å². The first kappa shape index (κ1) is 23.7. The number of amides is 1. The third kappa shape index (κ3) is 5.06. The van der Waals surface area contributed by atoms with Crippen LogP contribution in [0.25, 0.3) is 11.4 Å². The van der Waals surface area contributed by atoms with Crippen LogP contribution in [0.2, 0.25) is 0 Å². The average molecular weight is 466 g/mol. The summed E-state index contributed by atoms with van der Waals surface area (Å²) in [6.07, 6.45) is -3.10. The number of piperidine rings is 1. The van der Waals surface area contributed by atoms with Crippen LogP contribution in [0.3, 0.4) is 0 Å². The third-order valence-electron chi connectivity index (χ3n) is 6.66. The third-order valence-corrected chi connectivity index (χ3v) is 6.66. The minimum absolute atomic E-state index is 0.0274. The minimum atomic E-state index is -4.43. The normalized spacial score (nSPS) is 23.3. The largest absolute Gasteiger partial charge is 0.416 e. The Hall–Kier alpha value is -2.46. The summed E-state index contributed by atoms with van der Waals surface area (Å²) in [5, 5.41) is 7.30. The van der Waals surface area contributed by atoms with E-state index in [4.69, 9.17) is 4.52 Å². The predicted octanol–water partition coefficient (Wildman–Crippen LogP) is 3.53. The van der Waals surface area contributed by atoms with E-state index in [2.05, 4.69) is 34.2 Å². The summed E-state index contributed by atoms with van der Waals surface area (Å²) in [6, 6.07) is 5.28. The Morgan fingerprint density at radius 2 is 1.97 bits per heavy atom. The highest BCUT2D eigenvalue weighted by Gasteiger charge is 2.42. The summed E-state index contributed by atoms with van der Waals surface area (Å²) in [7, 11) is 0. The molecule has 2 aromatic rings. The van der Waals surface area contributed by atoms with Gasteiger partial charge in [0.25, 0.3) is 0 Å². The molecule has 1 N–H and O–H groups in total. The fourth-order valence-corrected chi connectivity index (χ4v) is 4.63. The molecule has 33 heavy (non-hydrogen) atoms. The van der Waals surface area contributed by atoms with Crippen LogP contribution in [-0.2, 0) is 11.0 Å². The Kier molecular flexibility index (Phi) is 6.50. The second-order valence-electron chi connectivity index (χ2n) is 9.42. The molecule has 2 saturated heterocycles. The number of alkyl halides is 3. The highest BCUT2D eigenvalue weighted by atomic mass is 19.4. The minimum Gasteiger partial charge on any atom is -0.341 e. The maximum atomic E-state index is 13.3. The molecule has 2 aliphatic heterocycles. The van der Waals surface area contributed by atoms with E-state index in [1.807, 2.05) is 11.8 Å². The number of nitrogens with zero attached hydrogens (tertiary/aromatic N) is 4. The van der Waals surface area contributed by atoms with E-state index < -0.39 is 17.3 Å². The fraction of sp³-hybridized carbons (Fsp3) is 0.609. The maximum Gasteiger partial charge on any atom is 0.416 e. The highest BCUT2D eigenvalue weighted by Crippen LogP contribution is 2.33. The number of carbonyl (C=O) groups is 1. The van der Waals surface area contributed by atoms with Crippen molar-refractivity contribution >= 4 is 5.91 Å². The molecule has 180 valence electrons. The fourth-order valence-electron chi connectivity index (χ4n) is 4.63. The highest BCUT2D eigenvalue weighted by molar-refractivity contribution is 5.86. The lowest BCUT2D eigenvalue weighted by molar-refractivity contribution is -0.141. The van der Waals surface area contributed by atoms with Gasteiger partial charge in [-0.1, -0.05) is 17.3 Å². The standard InChI is InChI=1S/C23H30F3N5O2/c1-15(2)31-12-9-27-22(3,14-31)21(32)30-10-7-16(8-11-30)20-28-19(29-33-20)17-5-4-6-18(13-17)23(24,25)26/h4-6,13,15-16,27H,7-12,14H2,1-3H3/t22-/m0/s1. The molecule has 1 aromatic carbocycles. The van der Waals surface area contributed by atoms with E-state index in [0.29, 0.717) is 44.4 Å². The molecule has 1 atom stereocenters. The van der Waals surface area contributed by atoms with E-state index in [-0.39, 0.29) is 23.2 Å². The number of piperazine rings is 1. The molecule has 0 radical (unpaired) electrons. The van der Waals surface area contributed by atoms with Crippen molar-refractivity contribution in [1.82, 2.24) is 25.3 Å². The number of carbonyl (C=O) groups excluding carboxylic acids is 1. The van der Waals surface area contributed by atoms with Crippen LogP contribution < -0.4 is 5.32 Å². The maximum absolute atomic E-state index is 13.3. The lowest BCUT2D eigenvalue weighted by Gasteiger charge is -2.45. The number of nitrogens with one attached hydrogen (secondary N) is 1. The summed E-state index contributed by atoms with van der Waals surface area (Å²) in [5.74, 6) is 0.617. The molecule has 0 unspecified atom stereocenters. The van der Waals surface area contributed by atoms with Gasteiger partial charge in [0.05, 0.1) is 5.56 Å². The van der Waals surface area contributed by atoms with Gasteiger partial charge >= 0.3 is 6.18 Å². The van der Waals surface area contributed by atoms with Crippen LogP contribution in [-0.4, -0.2) is 70.2 Å². The second kappa shape index (κ2) is 9.06. The summed E-state index contributed by atoms with van der Waals surface area (Å²) < 4.78 is 44.4. The van der Waals surface area contributed by atoms with Gasteiger partial charge in [0.1, 0.15) is 5.54 Å². The molecule has 3 heterocycles. The SMILES string of the molecule is CC(C)N1CCN[C@](C)(C(=O)N2CCC(c3nc(-c4cccc(C(F)(F)F)c4)no3)CC2)C1. The number of benzene rings is 1. The van der Waals surface area contributed by atoms with Gasteiger partial charge in [0.15, 0.2) is 0 Å². The molecule has 1 amide bonds. The number of hydrogen-bond acceptors (Lipinski definition) is 6. The monoisotopic (exact) mass is 465 g/mol. The Morgan fingerprint density at radius 1 is 1.24 bits per heavy atom. The Bertz CT molecular complexity index is 984. The number of rotatable bonds is 4. The zero-order chi connectivity index (χ0) is 23.8. The van der Waals surface area contributed by atoms with Gasteiger partial charge in [0.2, 0.25) is 17.6 Å². The lowest BCUT2D eigenvalue weighted by atomic mass is 9.92. The molecule has 0 saturated carbocycles. The summed E-state index contributed by atoms with van der Waals surface area (Å²) in [6.45, 7) is 9.76. The van der Waals surface area contributed by atoms with E-state index >= 15 is 0 Å². The second-order valence-corrected chi connectivity index (χ2v) is 9.42. The van der Waals surface area contributed by atoms with Crippen LogP contribution in [0.15, 0.2) is 28.8 Å². The first-order chi connectivity index (χ1) is 15.6. The zero-order valence-corrected chi connectivity index (χ0v) is 19.2. The quantitative estimate of drug-likeness (QED) is 0.745. The molecule has 0 aliphatic carbocycles. The molecule has 4 rings (SSSR count). The van der Waals surface area contributed by atoms with Crippen LogP contribution in [0.4, 0.5) is 13.2 Å². The number of likely N-dealkylation sites (tertiary alicyclic amines) is 1. The lowest BCUT2D eigenvalue weighted by Crippen LogP contribution is -2.67. The smallest absolute Gasteiger partial charge is 0.341 e. The molecule has 7 nitrogen and oxygen atoms in total. The number of aromatic nitrogens is 2. The van der Waals surface area contributed by atoms with Crippen molar-refractivity contribution in [3.8, 4) is 11.4 Å². The van der Waals surface area contributed by atoms with Crippen molar-refractivity contribution in [1.29, 1.82) is 0 Å². The average Bonchev–Trinajstić information content (AvgIpc) is 3.29. The Balaban J connectivity index is 1.39. The summed E-state index contributed by atoms with van der Waals surface area (Å²) >= 11 is 0. The Morgan fingerprint density at radius 3 is 2.64 bits per heavy atom. The van der Waals surface area contributed by atoms with Gasteiger partial charge in [-0.25, -0.2) is 0 Å². The number of hydrogen-bond donors (Lipinski definition) is 1. The van der Waals surface area contributed by atoms with Crippen molar-refractivity contribution in [3.05, 3.63) is 35.7 Å². The first-order valence-corrected chi connectivity index (χ1v) is 11.4. The Labute approximate surface area is 191 Å².